The number of esters is 1. The first-order valence-electron chi connectivity index (χ1n) is 9.34. The minimum absolute atomic E-state index is 0.129. The summed E-state index contributed by atoms with van der Waals surface area (Å²) in [5.41, 5.74) is -0.478. The highest BCUT2D eigenvalue weighted by Crippen LogP contribution is 2.28. The van der Waals surface area contributed by atoms with E-state index in [2.05, 4.69) is 11.4 Å². The number of hydrogen-bond acceptors (Lipinski definition) is 6. The van der Waals surface area contributed by atoms with Crippen molar-refractivity contribution in [2.45, 2.75) is 50.2 Å². The van der Waals surface area contributed by atoms with Crippen LogP contribution >= 0.6 is 0 Å². The molecule has 3 rings (SSSR count). The van der Waals surface area contributed by atoms with Gasteiger partial charge in [0.2, 0.25) is 0 Å². The molecule has 0 spiro atoms. The molecule has 1 saturated heterocycles. The Morgan fingerprint density at radius 2 is 1.96 bits per heavy atom. The molecular formula is C20H24N2O5. The number of nitriles is 1. The van der Waals surface area contributed by atoms with Crippen molar-refractivity contribution in [3.63, 3.8) is 0 Å². The summed E-state index contributed by atoms with van der Waals surface area (Å²) in [5, 5.41) is 12.0. The Balaban J connectivity index is 1.43. The highest BCUT2D eigenvalue weighted by atomic mass is 16.5. The van der Waals surface area contributed by atoms with Crippen LogP contribution < -0.4 is 10.1 Å². The number of nitrogens with zero attached hydrogens (tertiary/aromatic N) is 1. The van der Waals surface area contributed by atoms with E-state index in [-0.39, 0.29) is 6.10 Å². The fourth-order valence-electron chi connectivity index (χ4n) is 3.41. The summed E-state index contributed by atoms with van der Waals surface area (Å²) in [7, 11) is 0. The van der Waals surface area contributed by atoms with E-state index in [0.29, 0.717) is 30.8 Å². The average Bonchev–Trinajstić information content (AvgIpc) is 3.37. The lowest BCUT2D eigenvalue weighted by atomic mass is 10.00. The zero-order valence-corrected chi connectivity index (χ0v) is 15.2. The SMILES string of the molecule is N#CC1(NC(=O)COC(=O)c2ccc(OCC3CCCO3)cc2)CCCC1. The molecule has 1 aromatic rings. The van der Waals surface area contributed by atoms with Gasteiger partial charge in [-0.05, 0) is 62.8 Å². The Hall–Kier alpha value is -2.59. The molecule has 0 bridgehead atoms. The van der Waals surface area contributed by atoms with Crippen molar-refractivity contribution in [3.8, 4) is 11.8 Å². The Kier molecular flexibility index (Phi) is 6.30. The van der Waals surface area contributed by atoms with Gasteiger partial charge in [0.25, 0.3) is 5.91 Å². The lowest BCUT2D eigenvalue weighted by Gasteiger charge is -2.21. The van der Waals surface area contributed by atoms with Crippen molar-refractivity contribution in [3.05, 3.63) is 29.8 Å². The van der Waals surface area contributed by atoms with Gasteiger partial charge in [0.05, 0.1) is 17.7 Å². The van der Waals surface area contributed by atoms with E-state index in [0.717, 1.165) is 32.3 Å². The summed E-state index contributed by atoms with van der Waals surface area (Å²) in [6.07, 6.45) is 5.28. The topological polar surface area (TPSA) is 97.7 Å². The maximum atomic E-state index is 12.1. The molecule has 1 aromatic carbocycles. The third-order valence-electron chi connectivity index (χ3n) is 4.93. The molecule has 2 aliphatic rings. The fraction of sp³-hybridized carbons (Fsp3) is 0.550. The van der Waals surface area contributed by atoms with Crippen LogP contribution in [0.4, 0.5) is 0 Å². The van der Waals surface area contributed by atoms with Crippen LogP contribution in [-0.2, 0) is 14.3 Å². The van der Waals surface area contributed by atoms with Crippen LogP contribution in [0.25, 0.3) is 0 Å². The third-order valence-corrected chi connectivity index (χ3v) is 4.93. The number of hydrogen-bond donors (Lipinski definition) is 1. The number of carbonyl (C=O) groups is 2. The molecule has 7 heteroatoms. The second kappa shape index (κ2) is 8.87. The number of benzene rings is 1. The number of amides is 1. The lowest BCUT2D eigenvalue weighted by molar-refractivity contribution is -0.125. The monoisotopic (exact) mass is 372 g/mol. The van der Waals surface area contributed by atoms with Crippen molar-refractivity contribution in [1.82, 2.24) is 5.32 Å². The summed E-state index contributed by atoms with van der Waals surface area (Å²) >= 11 is 0. The first kappa shape index (κ1) is 19.2. The normalized spacial score (nSPS) is 20.6. The molecule has 0 aromatic heterocycles. The molecule has 1 N–H and O–H groups in total. The van der Waals surface area contributed by atoms with Crippen molar-refractivity contribution in [2.24, 2.45) is 0 Å². The predicted molar refractivity (Wildman–Crippen MR) is 96.1 cm³/mol. The zero-order valence-electron chi connectivity index (χ0n) is 15.2. The highest BCUT2D eigenvalue weighted by Gasteiger charge is 2.35. The van der Waals surface area contributed by atoms with Gasteiger partial charge in [-0.1, -0.05) is 0 Å². The highest BCUT2D eigenvalue weighted by molar-refractivity contribution is 5.91. The summed E-state index contributed by atoms with van der Waals surface area (Å²) in [6.45, 7) is 0.867. The molecule has 1 heterocycles. The van der Waals surface area contributed by atoms with Crippen LogP contribution in [0.3, 0.4) is 0 Å². The van der Waals surface area contributed by atoms with Crippen LogP contribution in [0.5, 0.6) is 5.75 Å². The molecule has 1 unspecified atom stereocenters. The van der Waals surface area contributed by atoms with E-state index >= 15 is 0 Å². The van der Waals surface area contributed by atoms with Crippen LogP contribution in [0.1, 0.15) is 48.9 Å². The van der Waals surface area contributed by atoms with Crippen molar-refractivity contribution in [2.75, 3.05) is 19.8 Å². The summed E-state index contributed by atoms with van der Waals surface area (Å²) < 4.78 is 16.2. The molecule has 1 aliphatic carbocycles. The Morgan fingerprint density at radius 1 is 1.22 bits per heavy atom. The lowest BCUT2D eigenvalue weighted by Crippen LogP contribution is -2.46. The smallest absolute Gasteiger partial charge is 0.338 e. The van der Waals surface area contributed by atoms with E-state index < -0.39 is 24.0 Å². The van der Waals surface area contributed by atoms with E-state index in [1.165, 1.54) is 0 Å². The molecule has 2 fully saturated rings. The Morgan fingerprint density at radius 3 is 2.59 bits per heavy atom. The fourth-order valence-corrected chi connectivity index (χ4v) is 3.41. The van der Waals surface area contributed by atoms with Gasteiger partial charge in [-0.3, -0.25) is 4.79 Å². The first-order valence-corrected chi connectivity index (χ1v) is 9.34. The second-order valence-electron chi connectivity index (χ2n) is 7.00. The summed E-state index contributed by atoms with van der Waals surface area (Å²) in [5.74, 6) is -0.395. The molecule has 1 saturated carbocycles. The average molecular weight is 372 g/mol. The standard InChI is InChI=1S/C20H24N2O5/c21-14-20(9-1-2-10-20)22-18(23)13-27-19(24)15-5-7-16(8-6-15)26-12-17-4-3-11-25-17/h5-8,17H,1-4,9-13H2,(H,22,23). The molecule has 27 heavy (non-hydrogen) atoms. The number of ether oxygens (including phenoxy) is 3. The maximum absolute atomic E-state index is 12.1. The maximum Gasteiger partial charge on any atom is 0.338 e. The van der Waals surface area contributed by atoms with Gasteiger partial charge in [0.15, 0.2) is 6.61 Å². The number of nitrogens with one attached hydrogen (secondary N) is 1. The van der Waals surface area contributed by atoms with Crippen LogP contribution in [-0.4, -0.2) is 43.3 Å². The van der Waals surface area contributed by atoms with Crippen LogP contribution in [0.15, 0.2) is 24.3 Å². The second-order valence-corrected chi connectivity index (χ2v) is 7.00. The quantitative estimate of drug-likeness (QED) is 0.738. The summed E-state index contributed by atoms with van der Waals surface area (Å²) in [4.78, 5) is 24.1. The van der Waals surface area contributed by atoms with Crippen molar-refractivity contribution >= 4 is 11.9 Å². The van der Waals surface area contributed by atoms with Gasteiger partial charge in [0.1, 0.15) is 17.9 Å². The molecule has 7 nitrogen and oxygen atoms in total. The largest absolute Gasteiger partial charge is 0.491 e. The predicted octanol–water partition coefficient (Wildman–Crippen LogP) is 2.35. The van der Waals surface area contributed by atoms with Gasteiger partial charge >= 0.3 is 5.97 Å². The van der Waals surface area contributed by atoms with E-state index in [4.69, 9.17) is 14.2 Å². The molecule has 0 radical (unpaired) electrons. The van der Waals surface area contributed by atoms with Gasteiger partial charge in [-0.2, -0.15) is 5.26 Å². The molecule has 1 atom stereocenters. The number of carbonyl (C=O) groups excluding carboxylic acids is 2. The van der Waals surface area contributed by atoms with E-state index in [1.807, 2.05) is 0 Å². The van der Waals surface area contributed by atoms with E-state index in [9.17, 15) is 14.9 Å². The van der Waals surface area contributed by atoms with Gasteiger partial charge < -0.3 is 19.5 Å². The summed E-state index contributed by atoms with van der Waals surface area (Å²) in [6, 6.07) is 8.74. The Bertz CT molecular complexity index is 698. The minimum atomic E-state index is -0.814. The molecule has 1 amide bonds. The number of rotatable bonds is 7. The van der Waals surface area contributed by atoms with E-state index in [1.54, 1.807) is 24.3 Å². The van der Waals surface area contributed by atoms with Gasteiger partial charge in [-0.25, -0.2) is 4.79 Å². The van der Waals surface area contributed by atoms with Crippen molar-refractivity contribution in [1.29, 1.82) is 5.26 Å². The molecule has 1 aliphatic heterocycles. The van der Waals surface area contributed by atoms with Crippen LogP contribution in [0, 0.1) is 11.3 Å². The first-order chi connectivity index (χ1) is 13.1. The molecule has 144 valence electrons. The van der Waals surface area contributed by atoms with Gasteiger partial charge in [-0.15, -0.1) is 0 Å². The van der Waals surface area contributed by atoms with Gasteiger partial charge in [0, 0.05) is 6.61 Å². The zero-order chi connectivity index (χ0) is 19.1. The van der Waals surface area contributed by atoms with Crippen molar-refractivity contribution < 1.29 is 23.8 Å². The molecular weight excluding hydrogens is 348 g/mol. The Labute approximate surface area is 158 Å². The van der Waals surface area contributed by atoms with Crippen LogP contribution in [0.2, 0.25) is 0 Å². The minimum Gasteiger partial charge on any atom is -0.491 e. The third kappa shape index (κ3) is 5.20.